The molecule has 0 amide bonds. The van der Waals surface area contributed by atoms with E-state index < -0.39 is 0 Å². The van der Waals surface area contributed by atoms with Crippen LogP contribution >= 0.6 is 0 Å². The van der Waals surface area contributed by atoms with Gasteiger partial charge in [-0.25, -0.2) is 9.97 Å². The summed E-state index contributed by atoms with van der Waals surface area (Å²) in [4.78, 5) is 11.5. The Labute approximate surface area is 117 Å². The van der Waals surface area contributed by atoms with Crippen molar-refractivity contribution in [1.29, 1.82) is 0 Å². The fourth-order valence-electron chi connectivity index (χ4n) is 1.81. The molecule has 1 rings (SSSR count). The normalized spacial score (nSPS) is 11.5. The summed E-state index contributed by atoms with van der Waals surface area (Å²) in [6, 6.07) is 2.02. The monoisotopic (exact) mass is 264 g/mol. The van der Waals surface area contributed by atoms with E-state index in [1.165, 1.54) is 19.3 Å². The molecule has 0 aliphatic heterocycles. The Morgan fingerprint density at radius 1 is 1.21 bits per heavy atom. The van der Waals surface area contributed by atoms with Crippen LogP contribution in [-0.4, -0.2) is 30.6 Å². The Hall–Kier alpha value is -1.32. The predicted octanol–water partition coefficient (Wildman–Crippen LogP) is 3.44. The number of unbranched alkanes of at least 4 members (excludes halogenated alkanes) is 2. The molecule has 4 heteroatoms. The van der Waals surface area contributed by atoms with Gasteiger partial charge in [0, 0.05) is 32.1 Å². The van der Waals surface area contributed by atoms with Crippen LogP contribution in [0.3, 0.4) is 0 Å². The Bertz CT molecular complexity index is 396. The van der Waals surface area contributed by atoms with Crippen LogP contribution in [0.5, 0.6) is 0 Å². The third-order valence-corrected chi connectivity index (χ3v) is 3.13. The molecule has 1 N–H and O–H groups in total. The number of nitrogens with one attached hydrogen (secondary N) is 1. The van der Waals surface area contributed by atoms with Crippen molar-refractivity contribution in [3.05, 3.63) is 11.9 Å². The van der Waals surface area contributed by atoms with E-state index in [-0.39, 0.29) is 5.41 Å². The summed E-state index contributed by atoms with van der Waals surface area (Å²) in [5.74, 6) is 2.77. The first-order valence-corrected chi connectivity index (χ1v) is 7.17. The van der Waals surface area contributed by atoms with Gasteiger partial charge in [0.2, 0.25) is 0 Å². The van der Waals surface area contributed by atoms with Crippen LogP contribution < -0.4 is 10.2 Å². The molecular weight excluding hydrogens is 236 g/mol. The molecule has 108 valence electrons. The maximum atomic E-state index is 4.71. The number of nitrogens with zero attached hydrogens (tertiary/aromatic N) is 3. The van der Waals surface area contributed by atoms with Crippen molar-refractivity contribution in [3.8, 4) is 0 Å². The second-order valence-corrected chi connectivity index (χ2v) is 6.06. The first-order chi connectivity index (χ1) is 8.88. The Balaban J connectivity index is 2.93. The van der Waals surface area contributed by atoms with Gasteiger partial charge in [0.05, 0.1) is 0 Å². The quantitative estimate of drug-likeness (QED) is 0.799. The SMILES string of the molecule is CCCCCN(C)c1cc(NC)nc(C(C)(C)C)n1. The van der Waals surface area contributed by atoms with Crippen LogP contribution in [0.4, 0.5) is 11.6 Å². The lowest BCUT2D eigenvalue weighted by molar-refractivity contribution is 0.545. The molecule has 0 spiro atoms. The number of hydrogen-bond acceptors (Lipinski definition) is 4. The fourth-order valence-corrected chi connectivity index (χ4v) is 1.81. The molecule has 0 aromatic carbocycles. The van der Waals surface area contributed by atoms with Crippen molar-refractivity contribution >= 4 is 11.6 Å². The Morgan fingerprint density at radius 3 is 2.42 bits per heavy atom. The largest absolute Gasteiger partial charge is 0.373 e. The van der Waals surface area contributed by atoms with Crippen molar-refractivity contribution in [2.24, 2.45) is 0 Å². The molecule has 0 radical (unpaired) electrons. The minimum Gasteiger partial charge on any atom is -0.373 e. The van der Waals surface area contributed by atoms with Crippen LogP contribution in [0.2, 0.25) is 0 Å². The van der Waals surface area contributed by atoms with Crippen LogP contribution in [0, 0.1) is 0 Å². The van der Waals surface area contributed by atoms with E-state index in [2.05, 4.69) is 49.9 Å². The maximum absolute atomic E-state index is 4.71. The zero-order valence-corrected chi connectivity index (χ0v) is 13.2. The molecule has 0 unspecified atom stereocenters. The second kappa shape index (κ2) is 6.73. The fraction of sp³-hybridized carbons (Fsp3) is 0.733. The van der Waals surface area contributed by atoms with Gasteiger partial charge in [-0.2, -0.15) is 0 Å². The third kappa shape index (κ3) is 4.69. The van der Waals surface area contributed by atoms with Crippen LogP contribution in [0.15, 0.2) is 6.07 Å². The summed E-state index contributed by atoms with van der Waals surface area (Å²) in [5.41, 5.74) is -0.0358. The molecule has 0 saturated carbocycles. The average Bonchev–Trinajstić information content (AvgIpc) is 2.37. The number of anilines is 2. The molecule has 1 aromatic rings. The highest BCUT2D eigenvalue weighted by molar-refractivity contribution is 5.49. The highest BCUT2D eigenvalue weighted by atomic mass is 15.2. The second-order valence-electron chi connectivity index (χ2n) is 6.06. The molecule has 0 fully saturated rings. The number of aromatic nitrogens is 2. The van der Waals surface area contributed by atoms with E-state index in [4.69, 9.17) is 4.98 Å². The van der Waals surface area contributed by atoms with E-state index in [1.807, 2.05) is 13.1 Å². The van der Waals surface area contributed by atoms with Gasteiger partial charge in [-0.3, -0.25) is 0 Å². The zero-order chi connectivity index (χ0) is 14.5. The van der Waals surface area contributed by atoms with Crippen molar-refractivity contribution < 1.29 is 0 Å². The van der Waals surface area contributed by atoms with E-state index >= 15 is 0 Å². The van der Waals surface area contributed by atoms with Gasteiger partial charge in [0.15, 0.2) is 0 Å². The Morgan fingerprint density at radius 2 is 1.89 bits per heavy atom. The molecule has 0 bridgehead atoms. The lowest BCUT2D eigenvalue weighted by atomic mass is 9.96. The summed E-state index contributed by atoms with van der Waals surface area (Å²) in [6.45, 7) is 9.69. The summed E-state index contributed by atoms with van der Waals surface area (Å²) in [6.07, 6.45) is 3.71. The smallest absolute Gasteiger partial charge is 0.138 e. The molecule has 0 atom stereocenters. The van der Waals surface area contributed by atoms with E-state index in [1.54, 1.807) is 0 Å². The number of hydrogen-bond donors (Lipinski definition) is 1. The van der Waals surface area contributed by atoms with Crippen LogP contribution in [0.1, 0.15) is 52.8 Å². The summed E-state index contributed by atoms with van der Waals surface area (Å²) < 4.78 is 0. The van der Waals surface area contributed by atoms with Crippen molar-refractivity contribution in [1.82, 2.24) is 9.97 Å². The van der Waals surface area contributed by atoms with Gasteiger partial charge in [0.1, 0.15) is 17.5 Å². The van der Waals surface area contributed by atoms with Gasteiger partial charge in [-0.1, -0.05) is 40.5 Å². The molecule has 0 saturated heterocycles. The molecular formula is C15H28N4. The van der Waals surface area contributed by atoms with Crippen LogP contribution in [-0.2, 0) is 5.41 Å². The lowest BCUT2D eigenvalue weighted by Crippen LogP contribution is -2.23. The molecule has 1 heterocycles. The van der Waals surface area contributed by atoms with E-state index in [9.17, 15) is 0 Å². The first-order valence-electron chi connectivity index (χ1n) is 7.17. The minimum atomic E-state index is -0.0358. The van der Waals surface area contributed by atoms with Gasteiger partial charge in [-0.15, -0.1) is 0 Å². The van der Waals surface area contributed by atoms with Gasteiger partial charge >= 0.3 is 0 Å². The molecule has 4 nitrogen and oxygen atoms in total. The van der Waals surface area contributed by atoms with Crippen LogP contribution in [0.25, 0.3) is 0 Å². The molecule has 0 aliphatic carbocycles. The zero-order valence-electron chi connectivity index (χ0n) is 13.2. The first kappa shape index (κ1) is 15.7. The third-order valence-electron chi connectivity index (χ3n) is 3.13. The maximum Gasteiger partial charge on any atom is 0.138 e. The Kier molecular flexibility index (Phi) is 5.58. The minimum absolute atomic E-state index is 0.0358. The molecule has 0 aliphatic rings. The standard InChI is InChI=1S/C15H28N4/c1-7-8-9-10-19(6)13-11-12(16-5)17-14(18-13)15(2,3)4/h11H,7-10H2,1-6H3,(H,16,17,18). The highest BCUT2D eigenvalue weighted by Crippen LogP contribution is 2.23. The van der Waals surface area contributed by atoms with Crippen molar-refractivity contribution in [2.45, 2.75) is 52.4 Å². The summed E-state index contributed by atoms with van der Waals surface area (Å²) in [5, 5.41) is 3.12. The topological polar surface area (TPSA) is 41.0 Å². The van der Waals surface area contributed by atoms with Gasteiger partial charge in [0.25, 0.3) is 0 Å². The average molecular weight is 264 g/mol. The summed E-state index contributed by atoms with van der Waals surface area (Å²) >= 11 is 0. The molecule has 1 aromatic heterocycles. The lowest BCUT2D eigenvalue weighted by Gasteiger charge is -2.23. The van der Waals surface area contributed by atoms with Gasteiger partial charge in [-0.05, 0) is 6.42 Å². The summed E-state index contributed by atoms with van der Waals surface area (Å²) in [7, 11) is 4.00. The molecule has 19 heavy (non-hydrogen) atoms. The number of rotatable bonds is 6. The highest BCUT2D eigenvalue weighted by Gasteiger charge is 2.19. The van der Waals surface area contributed by atoms with Gasteiger partial charge < -0.3 is 10.2 Å². The van der Waals surface area contributed by atoms with Crippen molar-refractivity contribution in [3.63, 3.8) is 0 Å². The van der Waals surface area contributed by atoms with E-state index in [0.717, 1.165) is 24.0 Å². The van der Waals surface area contributed by atoms with E-state index in [0.29, 0.717) is 0 Å². The van der Waals surface area contributed by atoms with Crippen molar-refractivity contribution in [2.75, 3.05) is 30.9 Å². The predicted molar refractivity (Wildman–Crippen MR) is 83.1 cm³/mol.